The lowest BCUT2D eigenvalue weighted by Crippen LogP contribution is -2.53. The van der Waals surface area contributed by atoms with E-state index in [9.17, 15) is 18.0 Å². The van der Waals surface area contributed by atoms with Gasteiger partial charge in [-0.3, -0.25) is 13.9 Å². The molecule has 0 fully saturated rings. The van der Waals surface area contributed by atoms with Gasteiger partial charge in [0.15, 0.2) is 0 Å². The van der Waals surface area contributed by atoms with Crippen LogP contribution in [0.2, 0.25) is 0 Å². The van der Waals surface area contributed by atoms with E-state index in [1.807, 2.05) is 83.1 Å². The molecule has 0 aromatic heterocycles. The van der Waals surface area contributed by atoms with Gasteiger partial charge in [0.1, 0.15) is 12.6 Å². The lowest BCUT2D eigenvalue weighted by atomic mass is 10.1. The van der Waals surface area contributed by atoms with E-state index in [4.69, 9.17) is 0 Å². The second kappa shape index (κ2) is 11.3. The van der Waals surface area contributed by atoms with Gasteiger partial charge in [-0.25, -0.2) is 8.42 Å². The topological polar surface area (TPSA) is 86.8 Å². The van der Waals surface area contributed by atoms with Crippen molar-refractivity contribution in [2.24, 2.45) is 0 Å². The normalized spacial score (nSPS) is 12.3. The van der Waals surface area contributed by atoms with Gasteiger partial charge in [0.2, 0.25) is 21.8 Å². The summed E-state index contributed by atoms with van der Waals surface area (Å²) < 4.78 is 26.6. The van der Waals surface area contributed by atoms with Crippen LogP contribution in [-0.2, 0) is 26.2 Å². The van der Waals surface area contributed by atoms with Crippen LogP contribution in [0.25, 0.3) is 0 Å². The summed E-state index contributed by atoms with van der Waals surface area (Å²) in [6.45, 7) is 9.02. The SMILES string of the molecule is CC[C@@H](C(=O)NC(C)C)N(Cc1ccccc1)C(=O)CN(c1c(C)cccc1C)S(C)(=O)=O. The maximum atomic E-state index is 13.6. The average Bonchev–Trinajstić information content (AvgIpc) is 2.72. The quantitative estimate of drug-likeness (QED) is 0.573. The molecule has 2 amide bonds. The summed E-state index contributed by atoms with van der Waals surface area (Å²) in [5, 5.41) is 2.88. The minimum Gasteiger partial charge on any atom is -0.352 e. The standard InChI is InChI=1S/C25H35N3O4S/c1-7-22(25(30)26-18(2)3)27(16-21-14-9-8-10-15-21)23(29)17-28(33(6,31)32)24-19(4)12-11-13-20(24)5/h8-15,18,22H,7,16-17H2,1-6H3,(H,26,30)/t22-/m0/s1. The zero-order valence-electron chi connectivity index (χ0n) is 20.3. The van der Waals surface area contributed by atoms with Crippen LogP contribution in [0.1, 0.15) is 43.9 Å². The Hall–Kier alpha value is -2.87. The molecule has 0 aliphatic heterocycles. The number of para-hydroxylation sites is 1. The Balaban J connectivity index is 2.48. The lowest BCUT2D eigenvalue weighted by molar-refractivity contribution is -0.140. The van der Waals surface area contributed by atoms with Gasteiger partial charge >= 0.3 is 0 Å². The number of amides is 2. The van der Waals surface area contributed by atoms with Gasteiger partial charge < -0.3 is 10.2 Å². The van der Waals surface area contributed by atoms with E-state index in [0.717, 1.165) is 27.3 Å². The summed E-state index contributed by atoms with van der Waals surface area (Å²) in [6.07, 6.45) is 1.50. The third kappa shape index (κ3) is 7.05. The summed E-state index contributed by atoms with van der Waals surface area (Å²) in [4.78, 5) is 28.1. The van der Waals surface area contributed by atoms with E-state index in [1.165, 1.54) is 4.90 Å². The van der Waals surface area contributed by atoms with E-state index >= 15 is 0 Å². The molecule has 0 saturated heterocycles. The molecular formula is C25H35N3O4S. The zero-order chi connectivity index (χ0) is 24.8. The van der Waals surface area contributed by atoms with Crippen LogP contribution in [0.5, 0.6) is 0 Å². The molecule has 33 heavy (non-hydrogen) atoms. The van der Waals surface area contributed by atoms with E-state index in [-0.39, 0.29) is 25.0 Å². The Morgan fingerprint density at radius 3 is 2.03 bits per heavy atom. The molecule has 1 N–H and O–H groups in total. The molecule has 1 atom stereocenters. The van der Waals surface area contributed by atoms with Crippen LogP contribution in [0, 0.1) is 13.8 Å². The van der Waals surface area contributed by atoms with Crippen molar-refractivity contribution < 1.29 is 18.0 Å². The molecule has 0 spiro atoms. The molecule has 2 aromatic carbocycles. The predicted octanol–water partition coefficient (Wildman–Crippen LogP) is 3.40. The fourth-order valence-electron chi connectivity index (χ4n) is 3.86. The van der Waals surface area contributed by atoms with E-state index in [2.05, 4.69) is 5.32 Å². The Morgan fingerprint density at radius 2 is 1.55 bits per heavy atom. The van der Waals surface area contributed by atoms with E-state index < -0.39 is 22.0 Å². The van der Waals surface area contributed by atoms with Gasteiger partial charge in [0.25, 0.3) is 0 Å². The predicted molar refractivity (Wildman–Crippen MR) is 132 cm³/mol. The molecule has 0 heterocycles. The minimum atomic E-state index is -3.75. The molecular weight excluding hydrogens is 438 g/mol. The summed E-state index contributed by atoms with van der Waals surface area (Å²) in [5.74, 6) is -0.688. The van der Waals surface area contributed by atoms with Gasteiger partial charge in [-0.05, 0) is 50.8 Å². The number of nitrogens with one attached hydrogen (secondary N) is 1. The van der Waals surface area contributed by atoms with Crippen molar-refractivity contribution >= 4 is 27.5 Å². The molecule has 0 saturated carbocycles. The maximum absolute atomic E-state index is 13.6. The number of hydrogen-bond donors (Lipinski definition) is 1. The molecule has 2 rings (SSSR count). The van der Waals surface area contributed by atoms with Crippen LogP contribution >= 0.6 is 0 Å². The Bertz CT molecular complexity index is 1050. The van der Waals surface area contributed by atoms with Crippen molar-refractivity contribution in [3.63, 3.8) is 0 Å². The van der Waals surface area contributed by atoms with Crippen molar-refractivity contribution in [1.82, 2.24) is 10.2 Å². The van der Waals surface area contributed by atoms with Crippen LogP contribution in [0.3, 0.4) is 0 Å². The Kier molecular flexibility index (Phi) is 9.05. The highest BCUT2D eigenvalue weighted by atomic mass is 32.2. The number of benzene rings is 2. The van der Waals surface area contributed by atoms with Gasteiger partial charge in [-0.15, -0.1) is 0 Å². The zero-order valence-corrected chi connectivity index (χ0v) is 21.1. The average molecular weight is 474 g/mol. The highest BCUT2D eigenvalue weighted by Gasteiger charge is 2.32. The molecule has 2 aromatic rings. The van der Waals surface area contributed by atoms with Crippen LogP contribution in [-0.4, -0.2) is 50.0 Å². The molecule has 0 aliphatic carbocycles. The number of sulfonamides is 1. The number of carbonyl (C=O) groups excluding carboxylic acids is 2. The van der Waals surface area contributed by atoms with Crippen molar-refractivity contribution in [3.05, 3.63) is 65.2 Å². The second-order valence-corrected chi connectivity index (χ2v) is 10.5. The number of anilines is 1. The number of carbonyl (C=O) groups is 2. The van der Waals surface area contributed by atoms with Gasteiger partial charge in [0, 0.05) is 12.6 Å². The first kappa shape index (κ1) is 26.4. The fourth-order valence-corrected chi connectivity index (χ4v) is 4.82. The summed E-state index contributed by atoms with van der Waals surface area (Å²) in [7, 11) is -3.75. The molecule has 0 unspecified atom stereocenters. The highest BCUT2D eigenvalue weighted by molar-refractivity contribution is 7.92. The largest absolute Gasteiger partial charge is 0.352 e. The summed E-state index contributed by atoms with van der Waals surface area (Å²) in [6, 6.07) is 14.1. The maximum Gasteiger partial charge on any atom is 0.244 e. The first-order valence-corrected chi connectivity index (χ1v) is 13.0. The highest BCUT2D eigenvalue weighted by Crippen LogP contribution is 2.27. The Morgan fingerprint density at radius 1 is 0.970 bits per heavy atom. The number of nitrogens with zero attached hydrogens (tertiary/aromatic N) is 2. The molecule has 0 aliphatic rings. The van der Waals surface area contributed by atoms with Crippen molar-refractivity contribution in [3.8, 4) is 0 Å². The minimum absolute atomic E-state index is 0.0811. The van der Waals surface area contributed by atoms with Crippen molar-refractivity contribution in [2.45, 2.75) is 59.7 Å². The third-order valence-electron chi connectivity index (χ3n) is 5.38. The van der Waals surface area contributed by atoms with E-state index in [1.54, 1.807) is 0 Å². The van der Waals surface area contributed by atoms with Crippen molar-refractivity contribution in [1.29, 1.82) is 0 Å². The van der Waals surface area contributed by atoms with E-state index in [0.29, 0.717) is 12.1 Å². The van der Waals surface area contributed by atoms with Gasteiger partial charge in [0.05, 0.1) is 11.9 Å². The summed E-state index contributed by atoms with van der Waals surface area (Å²) in [5.41, 5.74) is 2.87. The Labute approximate surface area is 197 Å². The fraction of sp³-hybridized carbons (Fsp3) is 0.440. The van der Waals surface area contributed by atoms with Gasteiger partial charge in [-0.2, -0.15) is 0 Å². The monoisotopic (exact) mass is 473 g/mol. The van der Waals surface area contributed by atoms with Crippen molar-refractivity contribution in [2.75, 3.05) is 17.1 Å². The second-order valence-electron chi connectivity index (χ2n) is 8.60. The molecule has 0 radical (unpaired) electrons. The number of aryl methyl sites for hydroxylation is 2. The first-order valence-electron chi connectivity index (χ1n) is 11.1. The third-order valence-corrected chi connectivity index (χ3v) is 6.49. The molecule has 7 nitrogen and oxygen atoms in total. The van der Waals surface area contributed by atoms with Crippen LogP contribution in [0.15, 0.2) is 48.5 Å². The number of hydrogen-bond acceptors (Lipinski definition) is 4. The van der Waals surface area contributed by atoms with Crippen LogP contribution in [0.4, 0.5) is 5.69 Å². The smallest absolute Gasteiger partial charge is 0.244 e. The number of rotatable bonds is 10. The molecule has 180 valence electrons. The lowest BCUT2D eigenvalue weighted by Gasteiger charge is -2.33. The molecule has 8 heteroatoms. The first-order chi connectivity index (χ1) is 15.5. The van der Waals surface area contributed by atoms with Crippen LogP contribution < -0.4 is 9.62 Å². The summed E-state index contributed by atoms with van der Waals surface area (Å²) >= 11 is 0. The molecule has 0 bridgehead atoms. The van der Waals surface area contributed by atoms with Gasteiger partial charge in [-0.1, -0.05) is 55.5 Å².